The fourth-order valence-electron chi connectivity index (χ4n) is 2.17. The van der Waals surface area contributed by atoms with Crippen LogP contribution in [-0.4, -0.2) is 42.1 Å². The highest BCUT2D eigenvalue weighted by molar-refractivity contribution is 7.89. The van der Waals surface area contributed by atoms with Crippen molar-refractivity contribution in [2.24, 2.45) is 11.7 Å². The minimum Gasteiger partial charge on any atom is -0.328 e. The van der Waals surface area contributed by atoms with Gasteiger partial charge in [-0.3, -0.25) is 5.10 Å². The van der Waals surface area contributed by atoms with Crippen molar-refractivity contribution in [2.45, 2.75) is 30.7 Å². The first-order valence-corrected chi connectivity index (χ1v) is 7.20. The Morgan fingerprint density at radius 3 is 2.65 bits per heavy atom. The third-order valence-electron chi connectivity index (χ3n) is 3.35. The Bertz CT molecular complexity index is 447. The predicted molar refractivity (Wildman–Crippen MR) is 63.7 cm³/mol. The van der Waals surface area contributed by atoms with Crippen molar-refractivity contribution in [3.05, 3.63) is 12.4 Å². The van der Waals surface area contributed by atoms with Gasteiger partial charge in [-0.05, 0) is 25.7 Å². The van der Waals surface area contributed by atoms with E-state index in [1.54, 1.807) is 0 Å². The molecule has 1 unspecified atom stereocenters. The number of nitrogens with two attached hydrogens (primary N) is 1. The lowest BCUT2D eigenvalue weighted by Gasteiger charge is -2.32. The molecule has 1 atom stereocenters. The normalized spacial score (nSPS) is 21.5. The molecule has 1 fully saturated rings. The second-order valence-electron chi connectivity index (χ2n) is 4.53. The van der Waals surface area contributed by atoms with E-state index in [1.165, 1.54) is 16.7 Å². The average molecular weight is 258 g/mol. The number of piperidine rings is 1. The van der Waals surface area contributed by atoms with Crippen LogP contribution in [0.2, 0.25) is 0 Å². The van der Waals surface area contributed by atoms with Crippen molar-refractivity contribution in [2.75, 3.05) is 13.1 Å². The van der Waals surface area contributed by atoms with E-state index in [0.29, 0.717) is 19.0 Å². The van der Waals surface area contributed by atoms with Gasteiger partial charge in [0.1, 0.15) is 4.90 Å². The summed E-state index contributed by atoms with van der Waals surface area (Å²) in [5.74, 6) is 0.422. The lowest BCUT2D eigenvalue weighted by molar-refractivity contribution is 0.250. The molecule has 0 amide bonds. The van der Waals surface area contributed by atoms with Gasteiger partial charge < -0.3 is 5.73 Å². The molecule has 1 aromatic heterocycles. The lowest BCUT2D eigenvalue weighted by atomic mass is 9.92. The van der Waals surface area contributed by atoms with Crippen molar-refractivity contribution in [3.8, 4) is 0 Å². The Hall–Kier alpha value is -0.920. The van der Waals surface area contributed by atoms with Gasteiger partial charge in [-0.2, -0.15) is 9.40 Å². The highest BCUT2D eigenvalue weighted by Gasteiger charge is 2.30. The summed E-state index contributed by atoms with van der Waals surface area (Å²) in [5.41, 5.74) is 5.83. The highest BCUT2D eigenvalue weighted by Crippen LogP contribution is 2.24. The topological polar surface area (TPSA) is 92.1 Å². The number of aromatic amines is 1. The highest BCUT2D eigenvalue weighted by atomic mass is 32.2. The van der Waals surface area contributed by atoms with Crippen molar-refractivity contribution < 1.29 is 8.42 Å². The zero-order valence-electron chi connectivity index (χ0n) is 9.83. The minimum absolute atomic E-state index is 0.133. The van der Waals surface area contributed by atoms with Gasteiger partial charge in [0.05, 0.1) is 6.20 Å². The Labute approximate surface area is 101 Å². The molecule has 2 rings (SSSR count). The first-order chi connectivity index (χ1) is 8.01. The van der Waals surface area contributed by atoms with E-state index in [-0.39, 0.29) is 10.9 Å². The third-order valence-corrected chi connectivity index (χ3v) is 5.22. The summed E-state index contributed by atoms with van der Waals surface area (Å²) in [7, 11) is -3.37. The van der Waals surface area contributed by atoms with Gasteiger partial charge in [0.15, 0.2) is 0 Å². The molecule has 6 nitrogen and oxygen atoms in total. The quantitative estimate of drug-likeness (QED) is 0.807. The van der Waals surface area contributed by atoms with E-state index in [0.717, 1.165) is 12.8 Å². The minimum atomic E-state index is -3.37. The molecule has 17 heavy (non-hydrogen) atoms. The molecule has 0 bridgehead atoms. The van der Waals surface area contributed by atoms with Gasteiger partial charge in [-0.15, -0.1) is 0 Å². The van der Waals surface area contributed by atoms with Crippen LogP contribution < -0.4 is 5.73 Å². The largest absolute Gasteiger partial charge is 0.328 e. The Morgan fingerprint density at radius 2 is 2.18 bits per heavy atom. The summed E-state index contributed by atoms with van der Waals surface area (Å²) in [6, 6.07) is 0.133. The molecular weight excluding hydrogens is 240 g/mol. The molecule has 1 aromatic rings. The van der Waals surface area contributed by atoms with Gasteiger partial charge in [-0.1, -0.05) is 0 Å². The van der Waals surface area contributed by atoms with Gasteiger partial charge in [0.2, 0.25) is 10.0 Å². The molecule has 1 aliphatic rings. The number of hydrogen-bond acceptors (Lipinski definition) is 4. The van der Waals surface area contributed by atoms with Crippen LogP contribution in [0.25, 0.3) is 0 Å². The van der Waals surface area contributed by atoms with Gasteiger partial charge >= 0.3 is 0 Å². The number of aromatic nitrogens is 2. The SMILES string of the molecule is CC(N)C1CCN(S(=O)(=O)c2cn[nH]c2)CC1. The number of sulfonamides is 1. The summed E-state index contributed by atoms with van der Waals surface area (Å²) in [6.07, 6.45) is 4.41. The fourth-order valence-corrected chi connectivity index (χ4v) is 3.55. The molecule has 3 N–H and O–H groups in total. The van der Waals surface area contributed by atoms with Crippen LogP contribution in [0.15, 0.2) is 17.3 Å². The van der Waals surface area contributed by atoms with Gasteiger partial charge in [0, 0.05) is 25.3 Å². The molecule has 2 heterocycles. The first-order valence-electron chi connectivity index (χ1n) is 5.76. The van der Waals surface area contributed by atoms with Crippen LogP contribution in [-0.2, 0) is 10.0 Å². The Balaban J connectivity index is 2.07. The fraction of sp³-hybridized carbons (Fsp3) is 0.700. The Morgan fingerprint density at radius 1 is 1.53 bits per heavy atom. The second kappa shape index (κ2) is 4.75. The van der Waals surface area contributed by atoms with Gasteiger partial charge in [-0.25, -0.2) is 8.42 Å². The molecule has 7 heteroatoms. The second-order valence-corrected chi connectivity index (χ2v) is 6.47. The van der Waals surface area contributed by atoms with Crippen LogP contribution in [0.5, 0.6) is 0 Å². The number of H-pyrrole nitrogens is 1. The number of rotatable bonds is 3. The third kappa shape index (κ3) is 2.51. The maximum absolute atomic E-state index is 12.2. The number of nitrogens with zero attached hydrogens (tertiary/aromatic N) is 2. The summed E-state index contributed by atoms with van der Waals surface area (Å²) in [4.78, 5) is 0.233. The van der Waals surface area contributed by atoms with Crippen LogP contribution in [0.3, 0.4) is 0 Å². The maximum atomic E-state index is 12.2. The van der Waals surface area contributed by atoms with Crippen LogP contribution in [0.1, 0.15) is 19.8 Å². The summed E-state index contributed by atoms with van der Waals surface area (Å²) in [5, 5.41) is 6.20. The zero-order valence-corrected chi connectivity index (χ0v) is 10.7. The molecule has 0 aromatic carbocycles. The van der Waals surface area contributed by atoms with E-state index in [2.05, 4.69) is 10.2 Å². The standard InChI is InChI=1S/C10H18N4O2S/c1-8(11)9-2-4-14(5-3-9)17(15,16)10-6-12-13-7-10/h6-9H,2-5,11H2,1H3,(H,12,13). The van der Waals surface area contributed by atoms with Crippen molar-refractivity contribution >= 4 is 10.0 Å². The van der Waals surface area contributed by atoms with Crippen LogP contribution in [0, 0.1) is 5.92 Å². The number of hydrogen-bond donors (Lipinski definition) is 2. The lowest BCUT2D eigenvalue weighted by Crippen LogP contribution is -2.42. The predicted octanol–water partition coefficient (Wildman–Crippen LogP) is 0.158. The molecule has 0 aliphatic carbocycles. The summed E-state index contributed by atoms with van der Waals surface area (Å²) < 4.78 is 25.8. The first kappa shape index (κ1) is 12.5. The average Bonchev–Trinajstić information content (AvgIpc) is 2.83. The number of nitrogens with one attached hydrogen (secondary N) is 1. The maximum Gasteiger partial charge on any atom is 0.246 e. The smallest absolute Gasteiger partial charge is 0.246 e. The van der Waals surface area contributed by atoms with E-state index >= 15 is 0 Å². The molecular formula is C10H18N4O2S. The van der Waals surface area contributed by atoms with Crippen LogP contribution in [0.4, 0.5) is 0 Å². The van der Waals surface area contributed by atoms with E-state index < -0.39 is 10.0 Å². The zero-order chi connectivity index (χ0) is 12.5. The molecule has 0 saturated carbocycles. The Kier molecular flexibility index (Phi) is 3.50. The molecule has 96 valence electrons. The van der Waals surface area contributed by atoms with Crippen molar-refractivity contribution in [1.29, 1.82) is 0 Å². The summed E-state index contributed by atoms with van der Waals surface area (Å²) in [6.45, 7) is 3.06. The monoisotopic (exact) mass is 258 g/mol. The van der Waals surface area contributed by atoms with Crippen molar-refractivity contribution in [3.63, 3.8) is 0 Å². The molecule has 1 saturated heterocycles. The molecule has 0 spiro atoms. The van der Waals surface area contributed by atoms with E-state index in [9.17, 15) is 8.42 Å². The van der Waals surface area contributed by atoms with E-state index in [4.69, 9.17) is 5.73 Å². The molecule has 1 aliphatic heterocycles. The van der Waals surface area contributed by atoms with E-state index in [1.807, 2.05) is 6.92 Å². The summed E-state index contributed by atoms with van der Waals surface area (Å²) >= 11 is 0. The molecule has 0 radical (unpaired) electrons. The van der Waals surface area contributed by atoms with Crippen molar-refractivity contribution in [1.82, 2.24) is 14.5 Å². The van der Waals surface area contributed by atoms with Crippen LogP contribution >= 0.6 is 0 Å². The van der Waals surface area contributed by atoms with Gasteiger partial charge in [0.25, 0.3) is 0 Å².